The van der Waals surface area contributed by atoms with E-state index in [-0.39, 0.29) is 11.8 Å². The number of nitrogens with one attached hydrogen (secondary N) is 1. The van der Waals surface area contributed by atoms with Crippen molar-refractivity contribution in [1.29, 1.82) is 0 Å². The highest BCUT2D eigenvalue weighted by atomic mass is 16.5. The maximum Gasteiger partial charge on any atom is 0.211 e. The summed E-state index contributed by atoms with van der Waals surface area (Å²) < 4.78 is 5.92. The molecule has 3 rings (SSSR count). The van der Waals surface area contributed by atoms with Crippen LogP contribution in [0.25, 0.3) is 0 Å². The van der Waals surface area contributed by atoms with Crippen molar-refractivity contribution < 1.29 is 14.3 Å². The van der Waals surface area contributed by atoms with Crippen molar-refractivity contribution in [2.24, 2.45) is 0 Å². The van der Waals surface area contributed by atoms with Gasteiger partial charge in [0.15, 0.2) is 5.78 Å². The third-order valence-electron chi connectivity index (χ3n) is 5.05. The summed E-state index contributed by atoms with van der Waals surface area (Å²) >= 11 is 0. The van der Waals surface area contributed by atoms with Crippen LogP contribution in [-0.4, -0.2) is 29.7 Å². The van der Waals surface area contributed by atoms with E-state index in [4.69, 9.17) is 4.74 Å². The zero-order valence-electron chi connectivity index (χ0n) is 18.0. The fraction of sp³-hybridized carbons (Fsp3) is 0.231. The topological polar surface area (TPSA) is 58.6 Å². The van der Waals surface area contributed by atoms with Gasteiger partial charge in [-0.3, -0.25) is 14.5 Å². The molecule has 0 aliphatic heterocycles. The van der Waals surface area contributed by atoms with Crippen LogP contribution >= 0.6 is 0 Å². The molecular weight excluding hydrogens is 388 g/mol. The Hall–Kier alpha value is -3.44. The molecule has 0 unspecified atom stereocenters. The Morgan fingerprint density at radius 3 is 2.29 bits per heavy atom. The summed E-state index contributed by atoms with van der Waals surface area (Å²) in [5.74, 6) is 0.694. The van der Waals surface area contributed by atoms with E-state index in [1.165, 1.54) is 0 Å². The Morgan fingerprint density at radius 1 is 0.968 bits per heavy atom. The lowest BCUT2D eigenvalue weighted by Gasteiger charge is -2.26. The molecule has 0 bridgehead atoms. The number of rotatable bonds is 11. The summed E-state index contributed by atoms with van der Waals surface area (Å²) in [5, 5.41) is 2.73. The Bertz CT molecular complexity index is 988. The molecule has 1 amide bonds. The Kier molecular flexibility index (Phi) is 7.96. The van der Waals surface area contributed by atoms with Crippen LogP contribution in [0, 0.1) is 0 Å². The zero-order valence-corrected chi connectivity index (χ0v) is 18.0. The number of amides is 1. The molecule has 0 aliphatic rings. The quantitative estimate of drug-likeness (QED) is 0.356. The molecule has 0 saturated heterocycles. The van der Waals surface area contributed by atoms with Gasteiger partial charge in [0.05, 0.1) is 12.2 Å². The van der Waals surface area contributed by atoms with Crippen LogP contribution in [0.15, 0.2) is 78.9 Å². The standard InChI is InChI=1S/C26H28N2O3/c1-20(2)28(17-25(30)23-11-7-4-8-12-23)16-22-13-14-26(24(15-22)27-19-29)31-18-21-9-5-3-6-10-21/h3-15,19-20H,16-18H2,1-2H3,(H,27,29). The first-order valence-corrected chi connectivity index (χ1v) is 10.4. The normalized spacial score (nSPS) is 10.8. The summed E-state index contributed by atoms with van der Waals surface area (Å²) in [6, 6.07) is 25.1. The molecule has 0 fully saturated rings. The van der Waals surface area contributed by atoms with Gasteiger partial charge in [-0.2, -0.15) is 0 Å². The molecule has 0 aromatic heterocycles. The Morgan fingerprint density at radius 2 is 1.65 bits per heavy atom. The summed E-state index contributed by atoms with van der Waals surface area (Å²) in [6.45, 7) is 5.46. The maximum atomic E-state index is 12.7. The number of hydrogen-bond donors (Lipinski definition) is 1. The summed E-state index contributed by atoms with van der Waals surface area (Å²) in [5.41, 5.74) is 3.36. The van der Waals surface area contributed by atoms with Crippen LogP contribution in [0.3, 0.4) is 0 Å². The van der Waals surface area contributed by atoms with E-state index in [0.29, 0.717) is 43.1 Å². The fourth-order valence-corrected chi connectivity index (χ4v) is 3.27. The molecule has 0 spiro atoms. The molecule has 0 heterocycles. The van der Waals surface area contributed by atoms with Crippen LogP contribution in [-0.2, 0) is 17.9 Å². The highest BCUT2D eigenvalue weighted by molar-refractivity contribution is 5.97. The lowest BCUT2D eigenvalue weighted by Crippen LogP contribution is -2.35. The summed E-state index contributed by atoms with van der Waals surface area (Å²) in [4.78, 5) is 25.9. The second kappa shape index (κ2) is 11.1. The Labute approximate surface area is 183 Å². The van der Waals surface area contributed by atoms with Gasteiger partial charge in [-0.1, -0.05) is 66.7 Å². The van der Waals surface area contributed by atoms with Crippen molar-refractivity contribution in [3.05, 3.63) is 95.6 Å². The van der Waals surface area contributed by atoms with Crippen LogP contribution in [0.1, 0.15) is 35.3 Å². The van der Waals surface area contributed by atoms with Gasteiger partial charge >= 0.3 is 0 Å². The zero-order chi connectivity index (χ0) is 22.1. The third kappa shape index (κ3) is 6.52. The molecule has 5 nitrogen and oxygen atoms in total. The van der Waals surface area contributed by atoms with E-state index in [2.05, 4.69) is 24.1 Å². The molecular formula is C26H28N2O3. The minimum atomic E-state index is 0.0864. The lowest BCUT2D eigenvalue weighted by molar-refractivity contribution is -0.105. The molecule has 3 aromatic rings. The molecule has 1 N–H and O–H groups in total. The van der Waals surface area contributed by atoms with Gasteiger partial charge in [0, 0.05) is 18.2 Å². The predicted molar refractivity (Wildman–Crippen MR) is 123 cm³/mol. The third-order valence-corrected chi connectivity index (χ3v) is 5.05. The second-order valence-electron chi connectivity index (χ2n) is 7.65. The number of carbonyl (C=O) groups excluding carboxylic acids is 2. The summed E-state index contributed by atoms with van der Waals surface area (Å²) in [7, 11) is 0. The number of nitrogens with zero attached hydrogens (tertiary/aromatic N) is 1. The monoisotopic (exact) mass is 416 g/mol. The van der Waals surface area contributed by atoms with Gasteiger partial charge in [-0.15, -0.1) is 0 Å². The van der Waals surface area contributed by atoms with Crippen molar-refractivity contribution in [3.63, 3.8) is 0 Å². The van der Waals surface area contributed by atoms with E-state index in [1.807, 2.05) is 78.9 Å². The maximum absolute atomic E-state index is 12.7. The van der Waals surface area contributed by atoms with Gasteiger partial charge in [-0.25, -0.2) is 0 Å². The molecule has 0 radical (unpaired) electrons. The molecule has 0 atom stereocenters. The van der Waals surface area contributed by atoms with E-state index in [1.54, 1.807) is 0 Å². The van der Waals surface area contributed by atoms with Crippen molar-refractivity contribution in [2.75, 3.05) is 11.9 Å². The molecule has 160 valence electrons. The first kappa shape index (κ1) is 22.2. The van der Waals surface area contributed by atoms with E-state index < -0.39 is 0 Å². The number of Topliss-reactive ketones (excluding diaryl/α,β-unsaturated/α-hetero) is 1. The van der Waals surface area contributed by atoms with Crippen molar-refractivity contribution in [3.8, 4) is 5.75 Å². The minimum absolute atomic E-state index is 0.0864. The van der Waals surface area contributed by atoms with Gasteiger partial charge < -0.3 is 10.1 Å². The number of benzene rings is 3. The van der Waals surface area contributed by atoms with Crippen LogP contribution < -0.4 is 10.1 Å². The number of anilines is 1. The largest absolute Gasteiger partial charge is 0.487 e. The SMILES string of the molecule is CC(C)N(CC(=O)c1ccccc1)Cc1ccc(OCc2ccccc2)c(NC=O)c1. The van der Waals surface area contributed by atoms with Crippen LogP contribution in [0.2, 0.25) is 0 Å². The Balaban J connectivity index is 1.71. The molecule has 31 heavy (non-hydrogen) atoms. The van der Waals surface area contributed by atoms with Crippen molar-refractivity contribution in [2.45, 2.75) is 33.0 Å². The summed E-state index contributed by atoms with van der Waals surface area (Å²) in [6.07, 6.45) is 0.646. The first-order chi connectivity index (χ1) is 15.1. The van der Waals surface area contributed by atoms with E-state index in [0.717, 1.165) is 11.1 Å². The second-order valence-corrected chi connectivity index (χ2v) is 7.65. The predicted octanol–water partition coefficient (Wildman–Crippen LogP) is 4.93. The van der Waals surface area contributed by atoms with E-state index >= 15 is 0 Å². The highest BCUT2D eigenvalue weighted by Gasteiger charge is 2.17. The first-order valence-electron chi connectivity index (χ1n) is 10.4. The average molecular weight is 417 g/mol. The molecule has 3 aromatic carbocycles. The highest BCUT2D eigenvalue weighted by Crippen LogP contribution is 2.27. The van der Waals surface area contributed by atoms with Gasteiger partial charge in [-0.05, 0) is 37.1 Å². The van der Waals surface area contributed by atoms with Gasteiger partial charge in [0.2, 0.25) is 6.41 Å². The average Bonchev–Trinajstić information content (AvgIpc) is 2.79. The number of ketones is 1. The molecule has 0 saturated carbocycles. The molecule has 5 heteroatoms. The lowest BCUT2D eigenvalue weighted by atomic mass is 10.1. The smallest absolute Gasteiger partial charge is 0.211 e. The van der Waals surface area contributed by atoms with Crippen molar-refractivity contribution in [1.82, 2.24) is 4.90 Å². The van der Waals surface area contributed by atoms with Crippen molar-refractivity contribution >= 4 is 17.9 Å². The van der Waals surface area contributed by atoms with Crippen LogP contribution in [0.4, 0.5) is 5.69 Å². The number of carbonyl (C=O) groups is 2. The number of ether oxygens (including phenoxy) is 1. The number of hydrogen-bond acceptors (Lipinski definition) is 4. The van der Waals surface area contributed by atoms with Gasteiger partial charge in [0.1, 0.15) is 12.4 Å². The van der Waals surface area contributed by atoms with E-state index in [9.17, 15) is 9.59 Å². The van der Waals surface area contributed by atoms with Crippen LogP contribution in [0.5, 0.6) is 5.75 Å². The minimum Gasteiger partial charge on any atom is -0.487 e. The van der Waals surface area contributed by atoms with Gasteiger partial charge in [0.25, 0.3) is 0 Å². The fourth-order valence-electron chi connectivity index (χ4n) is 3.27. The molecule has 0 aliphatic carbocycles.